The molecule has 2 fully saturated rings. The fourth-order valence-corrected chi connectivity index (χ4v) is 3.28. The zero-order valence-corrected chi connectivity index (χ0v) is 18.2. The molecule has 0 aromatic carbocycles. The molecule has 0 saturated carbocycles. The molecular formula is C21H36O10. The largest absolute Gasteiger partial charge is 0.388 e. The molecular weight excluding hydrogens is 412 g/mol. The lowest BCUT2D eigenvalue weighted by molar-refractivity contribution is -0.319. The van der Waals surface area contributed by atoms with Crippen molar-refractivity contribution in [2.45, 2.75) is 88.9 Å². The van der Waals surface area contributed by atoms with E-state index in [1.807, 2.05) is 26.8 Å². The Morgan fingerprint density at radius 1 is 0.839 bits per heavy atom. The minimum absolute atomic E-state index is 0.146. The van der Waals surface area contributed by atoms with Crippen LogP contribution in [0.1, 0.15) is 33.6 Å². The first-order chi connectivity index (χ1) is 14.6. The van der Waals surface area contributed by atoms with E-state index < -0.39 is 55.3 Å². The SMILES string of the molecule is CC(C)=CCC/C(C)=C/COC1OC(COC2OCC(O)C(O)C2O)C(O)C(O)C1O. The third kappa shape index (κ3) is 7.57. The van der Waals surface area contributed by atoms with Gasteiger partial charge in [-0.3, -0.25) is 0 Å². The van der Waals surface area contributed by atoms with Gasteiger partial charge in [-0.2, -0.15) is 0 Å². The lowest BCUT2D eigenvalue weighted by Crippen LogP contribution is -2.60. The number of hydrogen-bond donors (Lipinski definition) is 6. The van der Waals surface area contributed by atoms with Crippen LogP contribution >= 0.6 is 0 Å². The van der Waals surface area contributed by atoms with Gasteiger partial charge in [-0.05, 0) is 33.6 Å². The molecule has 2 saturated heterocycles. The van der Waals surface area contributed by atoms with Crippen molar-refractivity contribution in [3.05, 3.63) is 23.3 Å². The Morgan fingerprint density at radius 3 is 2.19 bits per heavy atom. The molecule has 2 rings (SSSR count). The van der Waals surface area contributed by atoms with E-state index in [0.29, 0.717) is 0 Å². The molecule has 31 heavy (non-hydrogen) atoms. The summed E-state index contributed by atoms with van der Waals surface area (Å²) in [4.78, 5) is 0. The summed E-state index contributed by atoms with van der Waals surface area (Å²) in [5.41, 5.74) is 2.35. The Kier molecular flexibility index (Phi) is 10.5. The standard InChI is InChI=1S/C21H36O10/c1-11(2)5-4-6-12(3)7-8-28-21-19(27)17(25)16(24)14(31-21)10-30-20-18(26)15(23)13(22)9-29-20/h5,7,13-27H,4,6,8-10H2,1-3H3/b12-7+. The molecule has 0 aromatic rings. The van der Waals surface area contributed by atoms with Crippen molar-refractivity contribution in [1.82, 2.24) is 0 Å². The van der Waals surface area contributed by atoms with Crippen molar-refractivity contribution in [3.8, 4) is 0 Å². The number of hydrogen-bond acceptors (Lipinski definition) is 10. The molecule has 10 heteroatoms. The van der Waals surface area contributed by atoms with Crippen LogP contribution in [-0.4, -0.2) is 106 Å². The van der Waals surface area contributed by atoms with Gasteiger partial charge in [0, 0.05) is 0 Å². The molecule has 10 nitrogen and oxygen atoms in total. The highest BCUT2D eigenvalue weighted by molar-refractivity contribution is 5.02. The van der Waals surface area contributed by atoms with Crippen molar-refractivity contribution < 1.29 is 49.6 Å². The minimum atomic E-state index is -1.53. The summed E-state index contributed by atoms with van der Waals surface area (Å²) >= 11 is 0. The lowest BCUT2D eigenvalue weighted by atomic mass is 9.99. The molecule has 180 valence electrons. The van der Waals surface area contributed by atoms with Gasteiger partial charge < -0.3 is 49.6 Å². The van der Waals surface area contributed by atoms with Gasteiger partial charge in [0.25, 0.3) is 0 Å². The summed E-state index contributed by atoms with van der Waals surface area (Å²) < 4.78 is 21.6. The van der Waals surface area contributed by atoms with E-state index in [0.717, 1.165) is 18.4 Å². The molecule has 0 amide bonds. The van der Waals surface area contributed by atoms with E-state index in [-0.39, 0.29) is 19.8 Å². The van der Waals surface area contributed by atoms with E-state index >= 15 is 0 Å². The van der Waals surface area contributed by atoms with Gasteiger partial charge in [0.15, 0.2) is 12.6 Å². The van der Waals surface area contributed by atoms with Gasteiger partial charge in [0.2, 0.25) is 0 Å². The van der Waals surface area contributed by atoms with Gasteiger partial charge in [-0.1, -0.05) is 23.3 Å². The van der Waals surface area contributed by atoms with E-state index in [9.17, 15) is 30.6 Å². The molecule has 0 radical (unpaired) electrons. The second-order valence-electron chi connectivity index (χ2n) is 8.30. The second-order valence-corrected chi connectivity index (χ2v) is 8.30. The summed E-state index contributed by atoms with van der Waals surface area (Å²) in [6, 6.07) is 0. The maximum Gasteiger partial charge on any atom is 0.187 e. The lowest BCUT2D eigenvalue weighted by Gasteiger charge is -2.41. The Labute approximate surface area is 182 Å². The molecule has 0 aliphatic carbocycles. The maximum absolute atomic E-state index is 10.2. The summed E-state index contributed by atoms with van der Waals surface area (Å²) in [6.45, 7) is 5.65. The quantitative estimate of drug-likeness (QED) is 0.241. The highest BCUT2D eigenvalue weighted by Crippen LogP contribution is 2.24. The predicted molar refractivity (Wildman–Crippen MR) is 109 cm³/mol. The Morgan fingerprint density at radius 2 is 1.52 bits per heavy atom. The summed E-state index contributed by atoms with van der Waals surface area (Å²) in [6.07, 6.45) is -6.36. The minimum Gasteiger partial charge on any atom is -0.388 e. The predicted octanol–water partition coefficient (Wildman–Crippen LogP) is -1.04. The Hall–Kier alpha value is -0.920. The fourth-order valence-electron chi connectivity index (χ4n) is 3.28. The van der Waals surface area contributed by atoms with E-state index in [4.69, 9.17) is 18.9 Å². The highest BCUT2D eigenvalue weighted by Gasteiger charge is 2.45. The van der Waals surface area contributed by atoms with Crippen LogP contribution in [0.25, 0.3) is 0 Å². The highest BCUT2D eigenvalue weighted by atomic mass is 16.7. The van der Waals surface area contributed by atoms with Crippen LogP contribution in [0.15, 0.2) is 23.3 Å². The molecule has 9 unspecified atom stereocenters. The first kappa shape index (κ1) is 26.3. The number of allylic oxidation sites excluding steroid dienone is 3. The summed E-state index contributed by atoms with van der Waals surface area (Å²) in [5, 5.41) is 59.6. The molecule has 2 aliphatic heterocycles. The monoisotopic (exact) mass is 448 g/mol. The zero-order chi connectivity index (χ0) is 23.1. The van der Waals surface area contributed by atoms with Gasteiger partial charge in [-0.25, -0.2) is 0 Å². The average molecular weight is 449 g/mol. The van der Waals surface area contributed by atoms with Crippen molar-refractivity contribution in [3.63, 3.8) is 0 Å². The van der Waals surface area contributed by atoms with Crippen LogP contribution in [0.5, 0.6) is 0 Å². The van der Waals surface area contributed by atoms with Crippen LogP contribution in [0.3, 0.4) is 0 Å². The number of aliphatic hydroxyl groups is 6. The van der Waals surface area contributed by atoms with E-state index in [2.05, 4.69) is 6.08 Å². The maximum atomic E-state index is 10.2. The van der Waals surface area contributed by atoms with Gasteiger partial charge >= 0.3 is 0 Å². The first-order valence-electron chi connectivity index (χ1n) is 10.5. The zero-order valence-electron chi connectivity index (χ0n) is 18.2. The normalized spacial score (nSPS) is 39.4. The fraction of sp³-hybridized carbons (Fsp3) is 0.810. The average Bonchev–Trinajstić information content (AvgIpc) is 2.72. The van der Waals surface area contributed by atoms with Crippen LogP contribution in [-0.2, 0) is 18.9 Å². The smallest absolute Gasteiger partial charge is 0.187 e. The number of aliphatic hydroxyl groups excluding tert-OH is 6. The summed E-state index contributed by atoms with van der Waals surface area (Å²) in [5.74, 6) is 0. The topological polar surface area (TPSA) is 158 Å². The molecule has 2 heterocycles. The number of rotatable bonds is 9. The molecule has 2 aliphatic rings. The van der Waals surface area contributed by atoms with Crippen molar-refractivity contribution in [1.29, 1.82) is 0 Å². The third-order valence-electron chi connectivity index (χ3n) is 5.33. The van der Waals surface area contributed by atoms with Crippen LogP contribution in [0, 0.1) is 0 Å². The van der Waals surface area contributed by atoms with E-state index in [1.54, 1.807) is 0 Å². The van der Waals surface area contributed by atoms with Gasteiger partial charge in [-0.15, -0.1) is 0 Å². The number of ether oxygens (including phenoxy) is 4. The van der Waals surface area contributed by atoms with Crippen LogP contribution in [0.4, 0.5) is 0 Å². The van der Waals surface area contributed by atoms with Crippen LogP contribution in [0.2, 0.25) is 0 Å². The molecule has 9 atom stereocenters. The molecule has 0 spiro atoms. The molecule has 0 bridgehead atoms. The van der Waals surface area contributed by atoms with Crippen molar-refractivity contribution >= 4 is 0 Å². The van der Waals surface area contributed by atoms with Crippen LogP contribution < -0.4 is 0 Å². The van der Waals surface area contributed by atoms with Crippen molar-refractivity contribution in [2.75, 3.05) is 19.8 Å². The van der Waals surface area contributed by atoms with Gasteiger partial charge in [0.1, 0.15) is 42.7 Å². The Balaban J connectivity index is 1.86. The van der Waals surface area contributed by atoms with Gasteiger partial charge in [0.05, 0.1) is 19.8 Å². The van der Waals surface area contributed by atoms with E-state index in [1.165, 1.54) is 5.57 Å². The Bertz CT molecular complexity index is 605. The molecule has 0 aromatic heterocycles. The second kappa shape index (κ2) is 12.4. The molecule has 6 N–H and O–H groups in total. The van der Waals surface area contributed by atoms with Crippen molar-refractivity contribution in [2.24, 2.45) is 0 Å². The summed E-state index contributed by atoms with van der Waals surface area (Å²) in [7, 11) is 0. The first-order valence-corrected chi connectivity index (χ1v) is 10.5. The third-order valence-corrected chi connectivity index (χ3v) is 5.33.